The maximum atomic E-state index is 12.4. The van der Waals surface area contributed by atoms with E-state index in [0.29, 0.717) is 17.9 Å². The predicted molar refractivity (Wildman–Crippen MR) is 84.1 cm³/mol. The summed E-state index contributed by atoms with van der Waals surface area (Å²) in [6.07, 6.45) is 7.15. The Bertz CT molecular complexity index is 755. The standard InChI is InChI=1S/C16H16N6O/c1-21(9-7-14-4-2-3-8-17-14)16(23)13-5-6-15(18-10-13)22-11-19-20-12-22/h2-6,8,10-12H,7,9H2,1H3. The summed E-state index contributed by atoms with van der Waals surface area (Å²) < 4.78 is 1.68. The second-order valence-corrected chi connectivity index (χ2v) is 5.07. The average Bonchev–Trinajstić information content (AvgIpc) is 3.15. The van der Waals surface area contributed by atoms with E-state index in [4.69, 9.17) is 0 Å². The van der Waals surface area contributed by atoms with E-state index in [2.05, 4.69) is 20.2 Å². The van der Waals surface area contributed by atoms with Crippen LogP contribution >= 0.6 is 0 Å². The summed E-state index contributed by atoms with van der Waals surface area (Å²) in [4.78, 5) is 22.6. The topological polar surface area (TPSA) is 76.8 Å². The summed E-state index contributed by atoms with van der Waals surface area (Å²) in [6.45, 7) is 0.600. The Morgan fingerprint density at radius 2 is 1.96 bits per heavy atom. The van der Waals surface area contributed by atoms with Crippen LogP contribution in [0.5, 0.6) is 0 Å². The Morgan fingerprint density at radius 1 is 1.13 bits per heavy atom. The third kappa shape index (κ3) is 3.57. The Labute approximate surface area is 133 Å². The van der Waals surface area contributed by atoms with E-state index in [-0.39, 0.29) is 5.91 Å². The summed E-state index contributed by atoms with van der Waals surface area (Å²) >= 11 is 0. The fraction of sp³-hybridized carbons (Fsp3) is 0.188. The van der Waals surface area contributed by atoms with Crippen molar-refractivity contribution in [1.29, 1.82) is 0 Å². The van der Waals surface area contributed by atoms with Crippen molar-refractivity contribution in [2.45, 2.75) is 6.42 Å². The molecular weight excluding hydrogens is 292 g/mol. The molecule has 0 unspecified atom stereocenters. The largest absolute Gasteiger partial charge is 0.341 e. The van der Waals surface area contributed by atoms with Gasteiger partial charge in [0, 0.05) is 38.1 Å². The molecular formula is C16H16N6O. The smallest absolute Gasteiger partial charge is 0.255 e. The summed E-state index contributed by atoms with van der Waals surface area (Å²) in [5.41, 5.74) is 1.51. The Morgan fingerprint density at radius 3 is 2.61 bits per heavy atom. The van der Waals surface area contributed by atoms with Crippen LogP contribution in [0.25, 0.3) is 5.82 Å². The first kappa shape index (κ1) is 14.8. The number of hydrogen-bond acceptors (Lipinski definition) is 5. The molecule has 0 aromatic carbocycles. The number of likely N-dealkylation sites (N-methyl/N-ethyl adjacent to an activating group) is 1. The van der Waals surface area contributed by atoms with Crippen molar-refractivity contribution in [2.24, 2.45) is 0 Å². The number of carbonyl (C=O) groups excluding carboxylic acids is 1. The first-order valence-corrected chi connectivity index (χ1v) is 7.20. The van der Waals surface area contributed by atoms with Crippen molar-refractivity contribution in [3.8, 4) is 5.82 Å². The maximum Gasteiger partial charge on any atom is 0.255 e. The zero-order valence-electron chi connectivity index (χ0n) is 12.7. The van der Waals surface area contributed by atoms with Gasteiger partial charge in [0.2, 0.25) is 0 Å². The lowest BCUT2D eigenvalue weighted by atomic mass is 10.2. The summed E-state index contributed by atoms with van der Waals surface area (Å²) in [5.74, 6) is 0.603. The molecule has 0 aliphatic rings. The Balaban J connectivity index is 1.63. The Kier molecular flexibility index (Phi) is 4.37. The van der Waals surface area contributed by atoms with Gasteiger partial charge in [0.05, 0.1) is 5.56 Å². The van der Waals surface area contributed by atoms with E-state index in [1.807, 2.05) is 18.2 Å². The van der Waals surface area contributed by atoms with Gasteiger partial charge in [-0.15, -0.1) is 10.2 Å². The number of carbonyl (C=O) groups is 1. The third-order valence-electron chi connectivity index (χ3n) is 3.45. The fourth-order valence-corrected chi connectivity index (χ4v) is 2.13. The number of hydrogen-bond donors (Lipinski definition) is 0. The van der Waals surface area contributed by atoms with Crippen LogP contribution in [0, 0.1) is 0 Å². The molecule has 1 amide bonds. The number of pyridine rings is 2. The number of rotatable bonds is 5. The van der Waals surface area contributed by atoms with E-state index in [0.717, 1.165) is 12.1 Å². The average molecular weight is 308 g/mol. The number of amides is 1. The molecule has 3 rings (SSSR count). The van der Waals surface area contributed by atoms with E-state index >= 15 is 0 Å². The molecule has 0 fully saturated rings. The zero-order valence-corrected chi connectivity index (χ0v) is 12.7. The van der Waals surface area contributed by atoms with Gasteiger partial charge in [0.25, 0.3) is 5.91 Å². The van der Waals surface area contributed by atoms with Crippen molar-refractivity contribution < 1.29 is 4.79 Å². The van der Waals surface area contributed by atoms with Crippen LogP contribution in [0.15, 0.2) is 55.4 Å². The Hall–Kier alpha value is -3.09. The van der Waals surface area contributed by atoms with Gasteiger partial charge in [0.15, 0.2) is 0 Å². The quantitative estimate of drug-likeness (QED) is 0.711. The molecule has 0 bridgehead atoms. The molecule has 0 atom stereocenters. The first-order valence-electron chi connectivity index (χ1n) is 7.20. The van der Waals surface area contributed by atoms with Crippen LogP contribution in [0.3, 0.4) is 0 Å². The van der Waals surface area contributed by atoms with E-state index in [9.17, 15) is 4.79 Å². The van der Waals surface area contributed by atoms with Crippen LogP contribution in [0.1, 0.15) is 16.1 Å². The predicted octanol–water partition coefficient (Wildman–Crippen LogP) is 1.37. The molecule has 3 aromatic heterocycles. The molecule has 0 saturated carbocycles. The first-order chi connectivity index (χ1) is 11.2. The van der Waals surface area contributed by atoms with Crippen LogP contribution in [-0.2, 0) is 6.42 Å². The van der Waals surface area contributed by atoms with Crippen molar-refractivity contribution >= 4 is 5.91 Å². The highest BCUT2D eigenvalue weighted by Crippen LogP contribution is 2.07. The third-order valence-corrected chi connectivity index (χ3v) is 3.45. The molecule has 0 aliphatic heterocycles. The number of nitrogens with zero attached hydrogens (tertiary/aromatic N) is 6. The molecule has 116 valence electrons. The van der Waals surface area contributed by atoms with Crippen LogP contribution < -0.4 is 0 Å². The summed E-state index contributed by atoms with van der Waals surface area (Å²) in [7, 11) is 1.78. The lowest BCUT2D eigenvalue weighted by molar-refractivity contribution is 0.0796. The molecule has 7 heteroatoms. The van der Waals surface area contributed by atoms with Crippen LogP contribution in [-0.4, -0.2) is 49.1 Å². The van der Waals surface area contributed by atoms with Crippen molar-refractivity contribution in [1.82, 2.24) is 29.6 Å². The fourth-order valence-electron chi connectivity index (χ4n) is 2.13. The van der Waals surface area contributed by atoms with Crippen LogP contribution in [0.2, 0.25) is 0 Å². The lowest BCUT2D eigenvalue weighted by Gasteiger charge is -2.17. The van der Waals surface area contributed by atoms with Gasteiger partial charge in [-0.05, 0) is 24.3 Å². The van der Waals surface area contributed by atoms with Gasteiger partial charge in [0.1, 0.15) is 18.5 Å². The second-order valence-electron chi connectivity index (χ2n) is 5.07. The van der Waals surface area contributed by atoms with E-state index in [1.165, 1.54) is 0 Å². The van der Waals surface area contributed by atoms with E-state index in [1.54, 1.807) is 53.7 Å². The lowest BCUT2D eigenvalue weighted by Crippen LogP contribution is -2.29. The highest BCUT2D eigenvalue weighted by Gasteiger charge is 2.12. The molecule has 3 heterocycles. The monoisotopic (exact) mass is 308 g/mol. The molecule has 0 spiro atoms. The number of aromatic nitrogens is 5. The van der Waals surface area contributed by atoms with Crippen molar-refractivity contribution in [2.75, 3.05) is 13.6 Å². The highest BCUT2D eigenvalue weighted by molar-refractivity contribution is 5.93. The molecule has 0 aliphatic carbocycles. The van der Waals surface area contributed by atoms with E-state index < -0.39 is 0 Å². The summed E-state index contributed by atoms with van der Waals surface area (Å²) in [5, 5.41) is 7.46. The molecule has 0 radical (unpaired) electrons. The minimum absolute atomic E-state index is 0.0660. The molecule has 23 heavy (non-hydrogen) atoms. The summed E-state index contributed by atoms with van der Waals surface area (Å²) in [6, 6.07) is 9.29. The molecule has 3 aromatic rings. The second kappa shape index (κ2) is 6.78. The minimum atomic E-state index is -0.0660. The minimum Gasteiger partial charge on any atom is -0.341 e. The molecule has 7 nitrogen and oxygen atoms in total. The zero-order chi connectivity index (χ0) is 16.1. The van der Waals surface area contributed by atoms with Gasteiger partial charge in [-0.3, -0.25) is 14.3 Å². The SMILES string of the molecule is CN(CCc1ccccn1)C(=O)c1ccc(-n2cnnc2)nc1. The van der Waals surface area contributed by atoms with Gasteiger partial charge in [-0.1, -0.05) is 6.07 Å². The normalized spacial score (nSPS) is 10.5. The highest BCUT2D eigenvalue weighted by atomic mass is 16.2. The molecule has 0 saturated heterocycles. The van der Waals surface area contributed by atoms with Gasteiger partial charge >= 0.3 is 0 Å². The van der Waals surface area contributed by atoms with Gasteiger partial charge in [-0.2, -0.15) is 0 Å². The van der Waals surface area contributed by atoms with Gasteiger partial charge in [-0.25, -0.2) is 4.98 Å². The maximum absolute atomic E-state index is 12.4. The molecule has 0 N–H and O–H groups in total. The van der Waals surface area contributed by atoms with Crippen molar-refractivity contribution in [3.63, 3.8) is 0 Å². The van der Waals surface area contributed by atoms with Crippen molar-refractivity contribution in [3.05, 3.63) is 66.6 Å². The van der Waals surface area contributed by atoms with Gasteiger partial charge < -0.3 is 4.90 Å². The van der Waals surface area contributed by atoms with Crippen LogP contribution in [0.4, 0.5) is 0 Å².